The first-order chi connectivity index (χ1) is 15.1. The number of benzene rings is 2. The Morgan fingerprint density at radius 3 is 2.38 bits per heavy atom. The SMILES string of the molecule is COc1ccc(S(=O)(=O)N2CCOCC2)cc1C(=O)NCCc1ccc(C(F)(F)F)cc1. The quantitative estimate of drug-likeness (QED) is 0.670. The van der Waals surface area contributed by atoms with Gasteiger partial charge in [0.05, 0.1) is 36.3 Å². The number of halogens is 3. The summed E-state index contributed by atoms with van der Waals surface area (Å²) in [5.41, 5.74) is -0.0727. The molecule has 0 spiro atoms. The largest absolute Gasteiger partial charge is 0.496 e. The summed E-state index contributed by atoms with van der Waals surface area (Å²) in [5, 5.41) is 2.66. The lowest BCUT2D eigenvalue weighted by Crippen LogP contribution is -2.40. The Hall–Kier alpha value is -2.63. The first-order valence-electron chi connectivity index (χ1n) is 9.83. The summed E-state index contributed by atoms with van der Waals surface area (Å²) >= 11 is 0. The topological polar surface area (TPSA) is 84.9 Å². The normalized spacial score (nSPS) is 15.4. The number of alkyl halides is 3. The highest BCUT2D eigenvalue weighted by Gasteiger charge is 2.30. The van der Waals surface area contributed by atoms with Crippen molar-refractivity contribution in [3.63, 3.8) is 0 Å². The molecule has 32 heavy (non-hydrogen) atoms. The molecule has 0 unspecified atom stereocenters. The fourth-order valence-corrected chi connectivity index (χ4v) is 4.67. The second kappa shape index (κ2) is 9.88. The van der Waals surface area contributed by atoms with Crippen molar-refractivity contribution in [2.75, 3.05) is 40.0 Å². The number of ether oxygens (including phenoxy) is 2. The van der Waals surface area contributed by atoms with E-state index in [4.69, 9.17) is 9.47 Å². The van der Waals surface area contributed by atoms with Crippen LogP contribution in [0.1, 0.15) is 21.5 Å². The number of nitrogens with zero attached hydrogens (tertiary/aromatic N) is 1. The second-order valence-corrected chi connectivity index (χ2v) is 9.02. The number of methoxy groups -OCH3 is 1. The molecule has 1 aliphatic rings. The molecular formula is C21H23F3N2O5S. The van der Waals surface area contributed by atoms with Crippen LogP contribution in [-0.2, 0) is 27.4 Å². The molecule has 1 heterocycles. The van der Waals surface area contributed by atoms with Crippen LogP contribution in [0.2, 0.25) is 0 Å². The van der Waals surface area contributed by atoms with E-state index in [0.29, 0.717) is 25.2 Å². The third-order valence-corrected chi connectivity index (χ3v) is 6.90. The molecule has 1 aliphatic heterocycles. The van der Waals surface area contributed by atoms with Crippen molar-refractivity contribution in [3.05, 3.63) is 59.2 Å². The second-order valence-electron chi connectivity index (χ2n) is 7.08. The summed E-state index contributed by atoms with van der Waals surface area (Å²) in [5.74, 6) is -0.342. The van der Waals surface area contributed by atoms with Gasteiger partial charge in [-0.1, -0.05) is 12.1 Å². The van der Waals surface area contributed by atoms with E-state index in [0.717, 1.165) is 12.1 Å². The van der Waals surface area contributed by atoms with Crippen molar-refractivity contribution in [3.8, 4) is 5.75 Å². The number of carbonyl (C=O) groups is 1. The highest BCUT2D eigenvalue weighted by molar-refractivity contribution is 7.89. The Bertz CT molecular complexity index is 1050. The number of morpholine rings is 1. The number of rotatable bonds is 7. The summed E-state index contributed by atoms with van der Waals surface area (Å²) in [6.07, 6.45) is -4.10. The number of carbonyl (C=O) groups excluding carboxylic acids is 1. The molecule has 0 atom stereocenters. The molecule has 0 aromatic heterocycles. The zero-order valence-corrected chi connectivity index (χ0v) is 18.1. The average Bonchev–Trinajstić information content (AvgIpc) is 2.79. The lowest BCUT2D eigenvalue weighted by molar-refractivity contribution is -0.137. The maximum atomic E-state index is 12.9. The molecule has 1 N–H and O–H groups in total. The lowest BCUT2D eigenvalue weighted by atomic mass is 10.1. The van der Waals surface area contributed by atoms with Crippen molar-refractivity contribution >= 4 is 15.9 Å². The van der Waals surface area contributed by atoms with Gasteiger partial charge in [0.25, 0.3) is 5.91 Å². The van der Waals surface area contributed by atoms with E-state index in [1.54, 1.807) is 0 Å². The Morgan fingerprint density at radius 1 is 1.12 bits per heavy atom. The van der Waals surface area contributed by atoms with Crippen LogP contribution in [0.25, 0.3) is 0 Å². The van der Waals surface area contributed by atoms with Gasteiger partial charge in [0.2, 0.25) is 10.0 Å². The molecule has 7 nitrogen and oxygen atoms in total. The minimum Gasteiger partial charge on any atom is -0.496 e. The van der Waals surface area contributed by atoms with Crippen LogP contribution in [0.4, 0.5) is 13.2 Å². The molecule has 11 heteroatoms. The summed E-state index contributed by atoms with van der Waals surface area (Å²) in [4.78, 5) is 12.7. The molecule has 2 aromatic carbocycles. The average molecular weight is 472 g/mol. The van der Waals surface area contributed by atoms with Crippen LogP contribution in [0.5, 0.6) is 5.75 Å². The molecule has 1 fully saturated rings. The number of hydrogen-bond donors (Lipinski definition) is 1. The Balaban J connectivity index is 1.69. The van der Waals surface area contributed by atoms with Crippen LogP contribution in [-0.4, -0.2) is 58.6 Å². The molecule has 3 rings (SSSR count). The summed E-state index contributed by atoms with van der Waals surface area (Å²) in [7, 11) is -2.43. The van der Waals surface area contributed by atoms with Gasteiger partial charge in [0.1, 0.15) is 5.75 Å². The van der Waals surface area contributed by atoms with E-state index in [9.17, 15) is 26.4 Å². The van der Waals surface area contributed by atoms with Crippen molar-refractivity contribution in [2.24, 2.45) is 0 Å². The Morgan fingerprint density at radius 2 is 1.78 bits per heavy atom. The summed E-state index contributed by atoms with van der Waals surface area (Å²) < 4.78 is 75.4. The van der Waals surface area contributed by atoms with E-state index < -0.39 is 27.7 Å². The van der Waals surface area contributed by atoms with Gasteiger partial charge in [-0.05, 0) is 42.3 Å². The highest BCUT2D eigenvalue weighted by atomic mass is 32.2. The molecular weight excluding hydrogens is 449 g/mol. The van der Waals surface area contributed by atoms with Crippen molar-refractivity contribution in [1.82, 2.24) is 9.62 Å². The van der Waals surface area contributed by atoms with Gasteiger partial charge in [0, 0.05) is 19.6 Å². The molecule has 1 amide bonds. The fraction of sp³-hybridized carbons (Fsp3) is 0.381. The molecule has 0 saturated carbocycles. The predicted octanol–water partition coefficient (Wildman–Crippen LogP) is 2.71. The number of nitrogens with one attached hydrogen (secondary N) is 1. The van der Waals surface area contributed by atoms with Gasteiger partial charge >= 0.3 is 6.18 Å². The van der Waals surface area contributed by atoms with Crippen molar-refractivity contribution in [1.29, 1.82) is 0 Å². The van der Waals surface area contributed by atoms with E-state index in [2.05, 4.69) is 5.32 Å². The zero-order valence-electron chi connectivity index (χ0n) is 17.3. The van der Waals surface area contributed by atoms with Crippen molar-refractivity contribution in [2.45, 2.75) is 17.5 Å². The maximum absolute atomic E-state index is 12.9. The molecule has 0 aliphatic carbocycles. The number of hydrogen-bond acceptors (Lipinski definition) is 5. The third-order valence-electron chi connectivity index (χ3n) is 5.00. The first kappa shape index (κ1) is 24.0. The van der Waals surface area contributed by atoms with Crippen LogP contribution < -0.4 is 10.1 Å². The Kier molecular flexibility index (Phi) is 7.42. The maximum Gasteiger partial charge on any atom is 0.416 e. The van der Waals surface area contributed by atoms with Crippen LogP contribution in [0, 0.1) is 0 Å². The first-order valence-corrected chi connectivity index (χ1v) is 11.3. The Labute approximate surface area is 184 Å². The van der Waals surface area contributed by atoms with Gasteiger partial charge in [0.15, 0.2) is 0 Å². The molecule has 0 radical (unpaired) electrons. The van der Waals surface area contributed by atoms with Gasteiger partial charge in [-0.2, -0.15) is 17.5 Å². The van der Waals surface area contributed by atoms with Crippen LogP contribution in [0.15, 0.2) is 47.4 Å². The number of sulfonamides is 1. The van der Waals surface area contributed by atoms with Crippen LogP contribution in [0.3, 0.4) is 0 Å². The highest BCUT2D eigenvalue weighted by Crippen LogP contribution is 2.29. The monoisotopic (exact) mass is 472 g/mol. The van der Waals surface area contributed by atoms with E-state index in [1.165, 1.54) is 41.7 Å². The zero-order chi connectivity index (χ0) is 23.4. The minimum atomic E-state index is -4.41. The fourth-order valence-electron chi connectivity index (χ4n) is 3.24. The molecule has 2 aromatic rings. The standard InChI is InChI=1S/C21H23F3N2O5S/c1-30-19-7-6-17(32(28,29)26-10-12-31-13-11-26)14-18(19)20(27)25-9-8-15-2-4-16(5-3-15)21(22,23)24/h2-7,14H,8-13H2,1H3,(H,25,27). The minimum absolute atomic E-state index is 0.0342. The summed E-state index contributed by atoms with van der Waals surface area (Å²) in [6.45, 7) is 1.19. The number of amides is 1. The van der Waals surface area contributed by atoms with Gasteiger partial charge < -0.3 is 14.8 Å². The van der Waals surface area contributed by atoms with E-state index >= 15 is 0 Å². The molecule has 1 saturated heterocycles. The third kappa shape index (κ3) is 5.59. The van der Waals surface area contributed by atoms with Gasteiger partial charge in [-0.3, -0.25) is 4.79 Å². The lowest BCUT2D eigenvalue weighted by Gasteiger charge is -2.26. The summed E-state index contributed by atoms with van der Waals surface area (Å²) in [6, 6.07) is 8.73. The smallest absolute Gasteiger partial charge is 0.416 e. The van der Waals surface area contributed by atoms with Gasteiger partial charge in [-0.15, -0.1) is 0 Å². The van der Waals surface area contributed by atoms with Crippen molar-refractivity contribution < 1.29 is 35.9 Å². The van der Waals surface area contributed by atoms with E-state index in [-0.39, 0.29) is 35.8 Å². The predicted molar refractivity (Wildman–Crippen MR) is 110 cm³/mol. The van der Waals surface area contributed by atoms with E-state index in [1.807, 2.05) is 0 Å². The van der Waals surface area contributed by atoms with Crippen LogP contribution >= 0.6 is 0 Å². The molecule has 174 valence electrons. The molecule has 0 bridgehead atoms. The van der Waals surface area contributed by atoms with Gasteiger partial charge in [-0.25, -0.2) is 8.42 Å².